The Morgan fingerprint density at radius 2 is 1.85 bits per heavy atom. The van der Waals surface area contributed by atoms with Crippen molar-refractivity contribution >= 4 is 0 Å². The standard InChI is InChI=1S/C18H21NO/c1-2-6-17-13-16(14-19)9-10-18(17)20-12-11-15-7-4-3-5-8-15/h2-5,7-10,13H,1,6,11-12,14,19H2. The van der Waals surface area contributed by atoms with Crippen molar-refractivity contribution in [3.05, 3.63) is 77.9 Å². The number of ether oxygens (including phenoxy) is 1. The number of allylic oxidation sites excluding steroid dienone is 1. The summed E-state index contributed by atoms with van der Waals surface area (Å²) >= 11 is 0. The lowest BCUT2D eigenvalue weighted by molar-refractivity contribution is 0.319. The molecule has 2 rings (SSSR count). The zero-order valence-corrected chi connectivity index (χ0v) is 11.7. The van der Waals surface area contributed by atoms with E-state index in [1.165, 1.54) is 5.56 Å². The monoisotopic (exact) mass is 267 g/mol. The van der Waals surface area contributed by atoms with Gasteiger partial charge in [-0.1, -0.05) is 48.5 Å². The van der Waals surface area contributed by atoms with Gasteiger partial charge in [-0.25, -0.2) is 0 Å². The van der Waals surface area contributed by atoms with Gasteiger partial charge < -0.3 is 10.5 Å². The average molecular weight is 267 g/mol. The Balaban J connectivity index is 1.99. The van der Waals surface area contributed by atoms with Crippen molar-refractivity contribution in [1.29, 1.82) is 0 Å². The summed E-state index contributed by atoms with van der Waals surface area (Å²) in [7, 11) is 0. The highest BCUT2D eigenvalue weighted by atomic mass is 16.5. The van der Waals surface area contributed by atoms with E-state index >= 15 is 0 Å². The molecule has 0 aromatic heterocycles. The van der Waals surface area contributed by atoms with Crippen LogP contribution in [0, 0.1) is 0 Å². The fraction of sp³-hybridized carbons (Fsp3) is 0.222. The summed E-state index contributed by atoms with van der Waals surface area (Å²) in [6.45, 7) is 5.02. The van der Waals surface area contributed by atoms with E-state index in [1.54, 1.807) is 0 Å². The molecule has 0 heterocycles. The molecule has 0 fully saturated rings. The third-order valence-corrected chi connectivity index (χ3v) is 3.22. The maximum absolute atomic E-state index is 5.90. The molecule has 2 nitrogen and oxygen atoms in total. The molecule has 2 heteroatoms. The van der Waals surface area contributed by atoms with Crippen LogP contribution in [0.15, 0.2) is 61.2 Å². The second-order valence-corrected chi connectivity index (χ2v) is 4.72. The molecule has 0 aliphatic rings. The van der Waals surface area contributed by atoms with E-state index in [4.69, 9.17) is 10.5 Å². The van der Waals surface area contributed by atoms with Gasteiger partial charge >= 0.3 is 0 Å². The lowest BCUT2D eigenvalue weighted by Gasteiger charge is -2.12. The van der Waals surface area contributed by atoms with Crippen molar-refractivity contribution in [2.24, 2.45) is 5.73 Å². The smallest absolute Gasteiger partial charge is 0.122 e. The van der Waals surface area contributed by atoms with E-state index in [0.717, 1.165) is 29.7 Å². The Morgan fingerprint density at radius 1 is 1.05 bits per heavy atom. The van der Waals surface area contributed by atoms with Gasteiger partial charge in [0, 0.05) is 13.0 Å². The lowest BCUT2D eigenvalue weighted by Crippen LogP contribution is -2.04. The van der Waals surface area contributed by atoms with Gasteiger partial charge in [-0.3, -0.25) is 0 Å². The van der Waals surface area contributed by atoms with Gasteiger partial charge in [0.1, 0.15) is 5.75 Å². The highest BCUT2D eigenvalue weighted by Crippen LogP contribution is 2.21. The van der Waals surface area contributed by atoms with E-state index in [1.807, 2.05) is 24.3 Å². The first kappa shape index (κ1) is 14.4. The van der Waals surface area contributed by atoms with Crippen LogP contribution >= 0.6 is 0 Å². The van der Waals surface area contributed by atoms with Crippen LogP contribution in [0.4, 0.5) is 0 Å². The van der Waals surface area contributed by atoms with Crippen molar-refractivity contribution in [2.75, 3.05) is 6.61 Å². The third kappa shape index (κ3) is 3.97. The number of nitrogens with two attached hydrogens (primary N) is 1. The summed E-state index contributed by atoms with van der Waals surface area (Å²) in [6.07, 6.45) is 3.60. The molecule has 2 aromatic carbocycles. The second kappa shape index (κ2) is 7.51. The van der Waals surface area contributed by atoms with Crippen molar-refractivity contribution in [3.63, 3.8) is 0 Å². The molecule has 0 unspecified atom stereocenters. The molecular weight excluding hydrogens is 246 g/mol. The molecule has 0 aliphatic carbocycles. The highest BCUT2D eigenvalue weighted by Gasteiger charge is 2.04. The highest BCUT2D eigenvalue weighted by molar-refractivity contribution is 5.38. The summed E-state index contributed by atoms with van der Waals surface area (Å²) < 4.78 is 5.90. The molecule has 0 atom stereocenters. The number of rotatable bonds is 7. The molecule has 20 heavy (non-hydrogen) atoms. The molecule has 0 bridgehead atoms. The predicted octanol–water partition coefficient (Wildman–Crippen LogP) is 3.50. The van der Waals surface area contributed by atoms with E-state index < -0.39 is 0 Å². The zero-order valence-electron chi connectivity index (χ0n) is 11.7. The average Bonchev–Trinajstić information content (AvgIpc) is 2.50. The van der Waals surface area contributed by atoms with E-state index in [0.29, 0.717) is 13.2 Å². The lowest BCUT2D eigenvalue weighted by atomic mass is 10.1. The Kier molecular flexibility index (Phi) is 5.39. The second-order valence-electron chi connectivity index (χ2n) is 4.72. The van der Waals surface area contributed by atoms with Gasteiger partial charge in [0.25, 0.3) is 0 Å². The van der Waals surface area contributed by atoms with Crippen LogP contribution in [0.1, 0.15) is 16.7 Å². The third-order valence-electron chi connectivity index (χ3n) is 3.22. The van der Waals surface area contributed by atoms with Crippen LogP contribution in [-0.2, 0) is 19.4 Å². The summed E-state index contributed by atoms with van der Waals surface area (Å²) in [5.74, 6) is 0.929. The minimum Gasteiger partial charge on any atom is -0.493 e. The normalized spacial score (nSPS) is 10.2. The number of benzene rings is 2. The maximum atomic E-state index is 5.90. The molecule has 0 radical (unpaired) electrons. The van der Waals surface area contributed by atoms with Gasteiger partial charge in [0.2, 0.25) is 0 Å². The molecule has 2 N–H and O–H groups in total. The summed E-state index contributed by atoms with van der Waals surface area (Å²) in [5, 5.41) is 0. The van der Waals surface area contributed by atoms with Gasteiger partial charge in [0.05, 0.1) is 6.61 Å². The van der Waals surface area contributed by atoms with Crippen LogP contribution in [-0.4, -0.2) is 6.61 Å². The quantitative estimate of drug-likeness (QED) is 0.779. The largest absolute Gasteiger partial charge is 0.493 e. The predicted molar refractivity (Wildman–Crippen MR) is 83.9 cm³/mol. The SMILES string of the molecule is C=CCc1cc(CN)ccc1OCCc1ccccc1. The summed E-state index contributed by atoms with van der Waals surface area (Å²) in [4.78, 5) is 0. The molecule has 0 saturated carbocycles. The van der Waals surface area contributed by atoms with Crippen molar-refractivity contribution in [1.82, 2.24) is 0 Å². The van der Waals surface area contributed by atoms with Crippen molar-refractivity contribution in [2.45, 2.75) is 19.4 Å². The Morgan fingerprint density at radius 3 is 2.55 bits per heavy atom. The van der Waals surface area contributed by atoms with Gasteiger partial charge in [-0.05, 0) is 29.2 Å². The van der Waals surface area contributed by atoms with E-state index in [2.05, 4.69) is 36.9 Å². The first-order chi connectivity index (χ1) is 9.83. The van der Waals surface area contributed by atoms with E-state index in [-0.39, 0.29) is 0 Å². The molecule has 0 saturated heterocycles. The van der Waals surface area contributed by atoms with Crippen LogP contribution in [0.5, 0.6) is 5.75 Å². The minimum absolute atomic E-state index is 0.550. The van der Waals surface area contributed by atoms with Crippen LogP contribution in [0.25, 0.3) is 0 Å². The van der Waals surface area contributed by atoms with Gasteiger partial charge in [-0.15, -0.1) is 6.58 Å². The molecule has 0 amide bonds. The fourth-order valence-electron chi connectivity index (χ4n) is 2.14. The molecular formula is C18H21NO. The van der Waals surface area contributed by atoms with Crippen LogP contribution < -0.4 is 10.5 Å². The topological polar surface area (TPSA) is 35.2 Å². The summed E-state index contributed by atoms with van der Waals surface area (Å²) in [6, 6.07) is 16.5. The molecule has 0 aliphatic heterocycles. The summed E-state index contributed by atoms with van der Waals surface area (Å²) in [5.41, 5.74) is 9.23. The molecule has 0 spiro atoms. The Labute approximate surface area is 120 Å². The van der Waals surface area contributed by atoms with Gasteiger partial charge in [-0.2, -0.15) is 0 Å². The number of hydrogen-bond acceptors (Lipinski definition) is 2. The van der Waals surface area contributed by atoms with Gasteiger partial charge in [0.15, 0.2) is 0 Å². The van der Waals surface area contributed by atoms with E-state index in [9.17, 15) is 0 Å². The van der Waals surface area contributed by atoms with Crippen LogP contribution in [0.2, 0.25) is 0 Å². The molecule has 2 aromatic rings. The Hall–Kier alpha value is -2.06. The maximum Gasteiger partial charge on any atom is 0.122 e. The molecule has 104 valence electrons. The van der Waals surface area contributed by atoms with Crippen molar-refractivity contribution < 1.29 is 4.74 Å². The fourth-order valence-corrected chi connectivity index (χ4v) is 2.14. The first-order valence-corrected chi connectivity index (χ1v) is 6.93. The zero-order chi connectivity index (χ0) is 14.2. The Bertz CT molecular complexity index is 549. The van der Waals surface area contributed by atoms with Crippen molar-refractivity contribution in [3.8, 4) is 5.75 Å². The first-order valence-electron chi connectivity index (χ1n) is 6.93. The number of hydrogen-bond donors (Lipinski definition) is 1. The van der Waals surface area contributed by atoms with Crippen LogP contribution in [0.3, 0.4) is 0 Å². The minimum atomic E-state index is 0.550.